The Morgan fingerprint density at radius 3 is 2.82 bits per heavy atom. The third-order valence-electron chi connectivity index (χ3n) is 6.00. The molecule has 0 spiro atoms. The van der Waals surface area contributed by atoms with Crippen LogP contribution in [0, 0.1) is 5.92 Å². The van der Waals surface area contributed by atoms with Gasteiger partial charge >= 0.3 is 0 Å². The van der Waals surface area contributed by atoms with E-state index in [9.17, 15) is 4.79 Å². The van der Waals surface area contributed by atoms with Crippen molar-refractivity contribution in [3.05, 3.63) is 81.4 Å². The Bertz CT molecular complexity index is 1530. The van der Waals surface area contributed by atoms with Gasteiger partial charge < -0.3 is 4.52 Å². The predicted molar refractivity (Wildman–Crippen MR) is 133 cm³/mol. The molecule has 4 aromatic heterocycles. The van der Waals surface area contributed by atoms with E-state index >= 15 is 0 Å². The highest BCUT2D eigenvalue weighted by Gasteiger charge is 2.25. The van der Waals surface area contributed by atoms with Crippen molar-refractivity contribution in [3.63, 3.8) is 0 Å². The average Bonchev–Trinajstić information content (AvgIpc) is 3.48. The zero-order valence-electron chi connectivity index (χ0n) is 18.5. The second kappa shape index (κ2) is 8.81. The standard InChI is InChI=1S/C25H21N5O2S2/c1-15-10-11-17-19(13-15)34-23-21(17)24(31)30(16-7-3-2-4-8-16)25(28-23)33-14-20-27-22(29-32-20)18-9-5-6-12-26-18/h2-9,12,15H,10-11,13-14H2,1H3. The molecular formula is C25H21N5O2S2. The van der Waals surface area contributed by atoms with Gasteiger partial charge in [0.1, 0.15) is 10.5 Å². The van der Waals surface area contributed by atoms with Crippen LogP contribution in [0.2, 0.25) is 0 Å². The molecule has 1 aliphatic rings. The number of hydrogen-bond donors (Lipinski definition) is 0. The fraction of sp³-hybridized carbons (Fsp3) is 0.240. The first kappa shape index (κ1) is 21.2. The zero-order chi connectivity index (χ0) is 23.1. The van der Waals surface area contributed by atoms with Crippen LogP contribution in [0.1, 0.15) is 29.7 Å². The molecule has 0 amide bonds. The molecule has 5 aromatic rings. The van der Waals surface area contributed by atoms with Crippen molar-refractivity contribution in [1.82, 2.24) is 24.7 Å². The fourth-order valence-corrected chi connectivity index (χ4v) is 6.59. The molecule has 1 aliphatic carbocycles. The normalized spacial score (nSPS) is 15.5. The maximum absolute atomic E-state index is 13.8. The van der Waals surface area contributed by atoms with E-state index in [1.165, 1.54) is 22.2 Å². The molecule has 1 unspecified atom stereocenters. The van der Waals surface area contributed by atoms with Gasteiger partial charge in [0, 0.05) is 11.1 Å². The number of pyridine rings is 1. The Labute approximate surface area is 203 Å². The molecule has 0 aliphatic heterocycles. The molecule has 170 valence electrons. The van der Waals surface area contributed by atoms with E-state index in [2.05, 4.69) is 22.0 Å². The van der Waals surface area contributed by atoms with Gasteiger partial charge in [0.25, 0.3) is 5.56 Å². The summed E-state index contributed by atoms with van der Waals surface area (Å²) in [4.78, 5) is 29.6. The van der Waals surface area contributed by atoms with Gasteiger partial charge in [-0.15, -0.1) is 11.3 Å². The van der Waals surface area contributed by atoms with Crippen molar-refractivity contribution >= 4 is 33.3 Å². The van der Waals surface area contributed by atoms with Gasteiger partial charge in [-0.2, -0.15) is 4.98 Å². The van der Waals surface area contributed by atoms with Crippen molar-refractivity contribution in [2.24, 2.45) is 5.92 Å². The Kier molecular flexibility index (Phi) is 5.50. The number of rotatable bonds is 5. The van der Waals surface area contributed by atoms with Crippen LogP contribution in [-0.2, 0) is 18.6 Å². The highest BCUT2D eigenvalue weighted by molar-refractivity contribution is 7.98. The maximum atomic E-state index is 13.8. The summed E-state index contributed by atoms with van der Waals surface area (Å²) in [5.41, 5.74) is 2.63. The van der Waals surface area contributed by atoms with Gasteiger partial charge in [0.15, 0.2) is 5.16 Å². The lowest BCUT2D eigenvalue weighted by Gasteiger charge is -2.17. The smallest absolute Gasteiger partial charge is 0.267 e. The SMILES string of the molecule is CC1CCc2c(sc3nc(SCc4nc(-c5ccccn5)no4)n(-c4ccccc4)c(=O)c23)C1. The van der Waals surface area contributed by atoms with E-state index in [-0.39, 0.29) is 5.56 Å². The van der Waals surface area contributed by atoms with Crippen LogP contribution in [0.5, 0.6) is 0 Å². The minimum atomic E-state index is -0.00884. The second-order valence-electron chi connectivity index (χ2n) is 8.42. The summed E-state index contributed by atoms with van der Waals surface area (Å²) in [6.07, 6.45) is 4.75. The Hall–Kier alpha value is -3.30. The molecule has 0 bridgehead atoms. The number of thioether (sulfide) groups is 1. The largest absolute Gasteiger partial charge is 0.338 e. The first-order valence-corrected chi connectivity index (χ1v) is 13.0. The van der Waals surface area contributed by atoms with Crippen LogP contribution in [0.15, 0.2) is 69.2 Å². The van der Waals surface area contributed by atoms with Gasteiger partial charge in [-0.05, 0) is 55.0 Å². The first-order chi connectivity index (χ1) is 16.7. The summed E-state index contributed by atoms with van der Waals surface area (Å²) < 4.78 is 7.16. The summed E-state index contributed by atoms with van der Waals surface area (Å²) in [6, 6.07) is 15.2. The number of aryl methyl sites for hydroxylation is 1. The minimum Gasteiger partial charge on any atom is -0.338 e. The summed E-state index contributed by atoms with van der Waals surface area (Å²) in [6.45, 7) is 2.27. The number of aromatic nitrogens is 5. The molecule has 6 rings (SSSR count). The highest BCUT2D eigenvalue weighted by atomic mass is 32.2. The van der Waals surface area contributed by atoms with Crippen molar-refractivity contribution in [2.45, 2.75) is 37.1 Å². The van der Waals surface area contributed by atoms with Crippen molar-refractivity contribution in [1.29, 1.82) is 0 Å². The third-order valence-corrected chi connectivity index (χ3v) is 8.07. The minimum absolute atomic E-state index is 0.00884. The highest BCUT2D eigenvalue weighted by Crippen LogP contribution is 2.37. The van der Waals surface area contributed by atoms with E-state index in [1.54, 1.807) is 22.1 Å². The van der Waals surface area contributed by atoms with E-state index in [1.807, 2.05) is 48.5 Å². The Morgan fingerprint density at radius 2 is 2.00 bits per heavy atom. The molecule has 9 heteroatoms. The number of para-hydroxylation sites is 1. The molecule has 0 N–H and O–H groups in total. The van der Waals surface area contributed by atoms with Gasteiger partial charge in [0.2, 0.25) is 11.7 Å². The molecule has 7 nitrogen and oxygen atoms in total. The van der Waals surface area contributed by atoms with Gasteiger partial charge in [-0.1, -0.05) is 48.1 Å². The summed E-state index contributed by atoms with van der Waals surface area (Å²) in [7, 11) is 0. The lowest BCUT2D eigenvalue weighted by molar-refractivity contribution is 0.391. The monoisotopic (exact) mass is 487 g/mol. The third kappa shape index (κ3) is 3.84. The molecule has 0 saturated heterocycles. The van der Waals surface area contributed by atoms with E-state index in [4.69, 9.17) is 9.51 Å². The molecule has 0 saturated carbocycles. The molecule has 34 heavy (non-hydrogen) atoms. The maximum Gasteiger partial charge on any atom is 0.267 e. The molecule has 4 heterocycles. The number of thiophene rings is 1. The number of benzene rings is 1. The van der Waals surface area contributed by atoms with Crippen LogP contribution < -0.4 is 5.56 Å². The Morgan fingerprint density at radius 1 is 1.15 bits per heavy atom. The van der Waals surface area contributed by atoms with Crippen LogP contribution in [0.3, 0.4) is 0 Å². The van der Waals surface area contributed by atoms with Crippen LogP contribution in [0.25, 0.3) is 27.4 Å². The summed E-state index contributed by atoms with van der Waals surface area (Å²) >= 11 is 3.08. The van der Waals surface area contributed by atoms with Crippen LogP contribution >= 0.6 is 23.1 Å². The van der Waals surface area contributed by atoms with E-state index in [0.717, 1.165) is 35.2 Å². The molecule has 0 fully saturated rings. The van der Waals surface area contributed by atoms with Crippen molar-refractivity contribution in [2.75, 3.05) is 0 Å². The predicted octanol–water partition coefficient (Wildman–Crippen LogP) is 5.31. The lowest BCUT2D eigenvalue weighted by atomic mass is 9.89. The first-order valence-electron chi connectivity index (χ1n) is 11.2. The number of nitrogens with zero attached hydrogens (tertiary/aromatic N) is 5. The average molecular weight is 488 g/mol. The second-order valence-corrected chi connectivity index (χ2v) is 10.4. The Balaban J connectivity index is 1.40. The number of hydrogen-bond acceptors (Lipinski definition) is 8. The summed E-state index contributed by atoms with van der Waals surface area (Å²) in [5.74, 6) is 1.93. The molecular weight excluding hydrogens is 466 g/mol. The van der Waals surface area contributed by atoms with Crippen LogP contribution in [0.4, 0.5) is 0 Å². The van der Waals surface area contributed by atoms with E-state index in [0.29, 0.717) is 34.2 Å². The van der Waals surface area contributed by atoms with Gasteiger partial charge in [-0.25, -0.2) is 4.98 Å². The van der Waals surface area contributed by atoms with Gasteiger partial charge in [-0.3, -0.25) is 14.3 Å². The van der Waals surface area contributed by atoms with Crippen molar-refractivity contribution < 1.29 is 4.52 Å². The van der Waals surface area contributed by atoms with Crippen molar-refractivity contribution in [3.8, 4) is 17.2 Å². The summed E-state index contributed by atoms with van der Waals surface area (Å²) in [5, 5.41) is 5.44. The topological polar surface area (TPSA) is 86.7 Å². The van der Waals surface area contributed by atoms with Crippen LogP contribution in [-0.4, -0.2) is 24.7 Å². The zero-order valence-corrected chi connectivity index (χ0v) is 20.1. The van der Waals surface area contributed by atoms with E-state index < -0.39 is 0 Å². The van der Waals surface area contributed by atoms with Gasteiger partial charge in [0.05, 0.1) is 16.8 Å². The molecule has 0 radical (unpaired) electrons. The molecule has 1 aromatic carbocycles. The fourth-order valence-electron chi connectivity index (χ4n) is 4.31. The molecule has 1 atom stereocenters. The lowest BCUT2D eigenvalue weighted by Crippen LogP contribution is -2.22. The number of fused-ring (bicyclic) bond motifs is 3. The quantitative estimate of drug-likeness (QED) is 0.245.